The van der Waals surface area contributed by atoms with E-state index in [1.165, 1.54) is 30.3 Å². The first-order valence-electron chi connectivity index (χ1n) is 6.48. The summed E-state index contributed by atoms with van der Waals surface area (Å²) in [7, 11) is -4.01. The van der Waals surface area contributed by atoms with Gasteiger partial charge in [-0.05, 0) is 42.3 Å². The molecule has 0 bridgehead atoms. The maximum atomic E-state index is 13.1. The van der Waals surface area contributed by atoms with Gasteiger partial charge < -0.3 is 5.11 Å². The van der Waals surface area contributed by atoms with Crippen LogP contribution in [0.3, 0.4) is 0 Å². The maximum absolute atomic E-state index is 13.1. The molecule has 2 N–H and O–H groups in total. The van der Waals surface area contributed by atoms with Crippen LogP contribution in [0.4, 0.5) is 10.1 Å². The summed E-state index contributed by atoms with van der Waals surface area (Å²) in [6.07, 6.45) is 0.416. The second kappa shape index (κ2) is 6.15. The number of halogens is 1. The number of nitrogens with one attached hydrogen (secondary N) is 1. The number of carbonyl (C=O) groups is 1. The quantitative estimate of drug-likeness (QED) is 0.886. The van der Waals surface area contributed by atoms with Gasteiger partial charge in [0.2, 0.25) is 0 Å². The van der Waals surface area contributed by atoms with Gasteiger partial charge in [-0.15, -0.1) is 0 Å². The Balaban J connectivity index is 2.48. The standard InChI is InChI=1S/C15H14FNO4S/c1-2-10-6-7-11(15(18)19)8-14(10)22(20,21)17-13-5-3-4-12(16)9-13/h3-9,17H,2H2,1H3,(H,18,19). The Hall–Kier alpha value is -2.41. The van der Waals surface area contributed by atoms with Crippen LogP contribution in [0, 0.1) is 5.82 Å². The molecule has 0 aliphatic rings. The first-order valence-corrected chi connectivity index (χ1v) is 7.96. The smallest absolute Gasteiger partial charge is 0.335 e. The van der Waals surface area contributed by atoms with Crippen molar-refractivity contribution in [3.05, 3.63) is 59.4 Å². The van der Waals surface area contributed by atoms with Crippen molar-refractivity contribution in [2.45, 2.75) is 18.2 Å². The highest BCUT2D eigenvalue weighted by atomic mass is 32.2. The van der Waals surface area contributed by atoms with Gasteiger partial charge in [0.25, 0.3) is 10.0 Å². The fourth-order valence-corrected chi connectivity index (χ4v) is 3.38. The van der Waals surface area contributed by atoms with Gasteiger partial charge in [-0.2, -0.15) is 0 Å². The van der Waals surface area contributed by atoms with Crippen molar-refractivity contribution >= 4 is 21.7 Å². The van der Waals surface area contributed by atoms with Crippen LogP contribution in [0.25, 0.3) is 0 Å². The lowest BCUT2D eigenvalue weighted by molar-refractivity contribution is 0.0696. The second-order valence-electron chi connectivity index (χ2n) is 4.60. The Labute approximate surface area is 127 Å². The fraction of sp³-hybridized carbons (Fsp3) is 0.133. The Morgan fingerprint density at radius 1 is 1.23 bits per heavy atom. The van der Waals surface area contributed by atoms with Crippen LogP contribution in [0.2, 0.25) is 0 Å². The summed E-state index contributed by atoms with van der Waals surface area (Å²) in [6.45, 7) is 1.76. The lowest BCUT2D eigenvalue weighted by Gasteiger charge is -2.12. The predicted molar refractivity (Wildman–Crippen MR) is 80.0 cm³/mol. The minimum atomic E-state index is -4.01. The lowest BCUT2D eigenvalue weighted by atomic mass is 10.1. The lowest BCUT2D eigenvalue weighted by Crippen LogP contribution is -2.16. The van der Waals surface area contributed by atoms with E-state index in [9.17, 15) is 17.6 Å². The SMILES string of the molecule is CCc1ccc(C(=O)O)cc1S(=O)(=O)Nc1cccc(F)c1. The molecule has 2 rings (SSSR count). The van der Waals surface area contributed by atoms with E-state index in [2.05, 4.69) is 4.72 Å². The Morgan fingerprint density at radius 3 is 2.55 bits per heavy atom. The molecule has 22 heavy (non-hydrogen) atoms. The summed E-state index contributed by atoms with van der Waals surface area (Å²) in [5.74, 6) is -1.79. The highest BCUT2D eigenvalue weighted by Gasteiger charge is 2.20. The highest BCUT2D eigenvalue weighted by molar-refractivity contribution is 7.92. The Morgan fingerprint density at radius 2 is 1.95 bits per heavy atom. The third-order valence-corrected chi connectivity index (χ3v) is 4.52. The Kier molecular flexibility index (Phi) is 4.46. The number of anilines is 1. The topological polar surface area (TPSA) is 83.5 Å². The number of benzene rings is 2. The van der Waals surface area contributed by atoms with E-state index in [-0.39, 0.29) is 16.1 Å². The van der Waals surface area contributed by atoms with Crippen LogP contribution in [-0.4, -0.2) is 19.5 Å². The second-order valence-corrected chi connectivity index (χ2v) is 6.25. The van der Waals surface area contributed by atoms with Crippen LogP contribution in [-0.2, 0) is 16.4 Å². The molecule has 0 radical (unpaired) electrons. The van der Waals surface area contributed by atoms with Crippen LogP contribution < -0.4 is 4.72 Å². The number of carboxylic acids is 1. The maximum Gasteiger partial charge on any atom is 0.335 e. The molecule has 7 heteroatoms. The van der Waals surface area contributed by atoms with Crippen LogP contribution >= 0.6 is 0 Å². The Bertz CT molecular complexity index is 818. The van der Waals surface area contributed by atoms with E-state index in [4.69, 9.17) is 5.11 Å². The average Bonchev–Trinajstić information content (AvgIpc) is 2.46. The molecule has 0 saturated heterocycles. The predicted octanol–water partition coefficient (Wildman–Crippen LogP) is 2.89. The number of sulfonamides is 1. The minimum Gasteiger partial charge on any atom is -0.478 e. The van der Waals surface area contributed by atoms with E-state index in [0.29, 0.717) is 12.0 Å². The number of hydrogen-bond acceptors (Lipinski definition) is 3. The molecule has 0 unspecified atom stereocenters. The molecule has 0 atom stereocenters. The molecular weight excluding hydrogens is 309 g/mol. The normalized spacial score (nSPS) is 11.2. The van der Waals surface area contributed by atoms with Crippen molar-refractivity contribution in [1.82, 2.24) is 0 Å². The zero-order valence-electron chi connectivity index (χ0n) is 11.7. The van der Waals surface area contributed by atoms with Crippen molar-refractivity contribution in [2.24, 2.45) is 0 Å². The fourth-order valence-electron chi connectivity index (χ4n) is 1.99. The largest absolute Gasteiger partial charge is 0.478 e. The van der Waals surface area contributed by atoms with Crippen molar-refractivity contribution in [1.29, 1.82) is 0 Å². The third kappa shape index (κ3) is 3.43. The number of rotatable bonds is 5. The third-order valence-electron chi connectivity index (χ3n) is 3.06. The summed E-state index contributed by atoms with van der Waals surface area (Å²) >= 11 is 0. The zero-order valence-corrected chi connectivity index (χ0v) is 12.5. The molecule has 0 heterocycles. The van der Waals surface area contributed by atoms with E-state index < -0.39 is 21.8 Å². The van der Waals surface area contributed by atoms with E-state index in [0.717, 1.165) is 12.1 Å². The molecule has 0 aromatic heterocycles. The van der Waals surface area contributed by atoms with Crippen molar-refractivity contribution in [2.75, 3.05) is 4.72 Å². The van der Waals surface area contributed by atoms with Gasteiger partial charge in [-0.1, -0.05) is 19.1 Å². The molecule has 116 valence electrons. The minimum absolute atomic E-state index is 0.0720. The van der Waals surface area contributed by atoms with Gasteiger partial charge in [-0.25, -0.2) is 17.6 Å². The molecule has 0 amide bonds. The molecule has 0 fully saturated rings. The summed E-state index contributed by atoms with van der Waals surface area (Å²) in [5, 5.41) is 9.00. The van der Waals surface area contributed by atoms with Gasteiger partial charge in [0.05, 0.1) is 16.1 Å². The number of carboxylic acid groups (broad SMARTS) is 1. The molecule has 0 aliphatic heterocycles. The molecule has 2 aromatic rings. The van der Waals surface area contributed by atoms with Gasteiger partial charge in [-0.3, -0.25) is 4.72 Å². The van der Waals surface area contributed by atoms with Crippen LogP contribution in [0.1, 0.15) is 22.8 Å². The average molecular weight is 323 g/mol. The monoisotopic (exact) mass is 323 g/mol. The highest BCUT2D eigenvalue weighted by Crippen LogP contribution is 2.22. The van der Waals surface area contributed by atoms with Crippen molar-refractivity contribution in [3.63, 3.8) is 0 Å². The van der Waals surface area contributed by atoms with Gasteiger partial charge in [0, 0.05) is 0 Å². The van der Waals surface area contributed by atoms with Gasteiger partial charge in [0.1, 0.15) is 5.82 Å². The number of aromatic carboxylic acids is 1. The van der Waals surface area contributed by atoms with E-state index >= 15 is 0 Å². The number of hydrogen-bond donors (Lipinski definition) is 2. The molecule has 0 spiro atoms. The summed E-state index contributed by atoms with van der Waals surface area (Å²) < 4.78 is 40.3. The van der Waals surface area contributed by atoms with E-state index in [1.54, 1.807) is 6.92 Å². The van der Waals surface area contributed by atoms with Crippen molar-refractivity contribution in [3.8, 4) is 0 Å². The summed E-state index contributed by atoms with van der Waals surface area (Å²) in [6, 6.07) is 8.94. The van der Waals surface area contributed by atoms with E-state index in [1.807, 2.05) is 0 Å². The van der Waals surface area contributed by atoms with Gasteiger partial charge >= 0.3 is 5.97 Å². The van der Waals surface area contributed by atoms with Crippen LogP contribution in [0.5, 0.6) is 0 Å². The molecule has 0 aliphatic carbocycles. The summed E-state index contributed by atoms with van der Waals surface area (Å²) in [4.78, 5) is 10.9. The molecule has 0 saturated carbocycles. The van der Waals surface area contributed by atoms with Crippen LogP contribution in [0.15, 0.2) is 47.4 Å². The molecule has 5 nitrogen and oxygen atoms in total. The first-order chi connectivity index (χ1) is 10.3. The summed E-state index contributed by atoms with van der Waals surface area (Å²) in [5.41, 5.74) is 0.425. The molecule has 2 aromatic carbocycles. The molecular formula is C15H14FNO4S. The van der Waals surface area contributed by atoms with Gasteiger partial charge in [0.15, 0.2) is 0 Å². The first kappa shape index (κ1) is 16.0. The number of aryl methyl sites for hydroxylation is 1. The van der Waals surface area contributed by atoms with Crippen molar-refractivity contribution < 1.29 is 22.7 Å². The zero-order chi connectivity index (χ0) is 16.3.